The first kappa shape index (κ1) is 14.6. The molecule has 5 heteroatoms. The van der Waals surface area contributed by atoms with E-state index in [1.165, 1.54) is 30.9 Å². The smallest absolute Gasteiger partial charge is 0.146 e. The lowest BCUT2D eigenvalue weighted by Gasteiger charge is -2.29. The maximum Gasteiger partial charge on any atom is 0.146 e. The highest BCUT2D eigenvalue weighted by Gasteiger charge is 2.36. The van der Waals surface area contributed by atoms with Crippen LogP contribution in [0.1, 0.15) is 16.7 Å². The van der Waals surface area contributed by atoms with Gasteiger partial charge in [-0.2, -0.15) is 0 Å². The lowest BCUT2D eigenvalue weighted by Crippen LogP contribution is -2.30. The number of hydrogen-bond acceptors (Lipinski definition) is 3. The van der Waals surface area contributed by atoms with Crippen molar-refractivity contribution < 1.29 is 9.50 Å². The third kappa shape index (κ3) is 2.47. The van der Waals surface area contributed by atoms with Crippen molar-refractivity contribution in [1.29, 1.82) is 0 Å². The first-order chi connectivity index (χ1) is 10.6. The van der Waals surface area contributed by atoms with Crippen LogP contribution < -0.4 is 0 Å². The number of hydrogen-bond donors (Lipinski definition) is 1. The van der Waals surface area contributed by atoms with Crippen LogP contribution in [0.4, 0.5) is 4.39 Å². The highest BCUT2D eigenvalue weighted by molar-refractivity contribution is 6.30. The van der Waals surface area contributed by atoms with E-state index in [0.29, 0.717) is 16.1 Å². The van der Waals surface area contributed by atoms with Crippen LogP contribution in [0.15, 0.2) is 67.3 Å². The average Bonchev–Trinajstić information content (AvgIpc) is 2.56. The fourth-order valence-corrected chi connectivity index (χ4v) is 2.54. The van der Waals surface area contributed by atoms with Gasteiger partial charge < -0.3 is 5.11 Å². The standard InChI is InChI=1S/C17H12ClFN2O/c18-14-7-5-12(6-8-14)17(22,13-9-20-11-21-10-13)15-3-1-2-4-16(15)19/h1-11,22H. The molecule has 110 valence electrons. The molecule has 1 heterocycles. The van der Waals surface area contributed by atoms with Gasteiger partial charge in [0.1, 0.15) is 17.7 Å². The van der Waals surface area contributed by atoms with Gasteiger partial charge in [0.2, 0.25) is 0 Å². The van der Waals surface area contributed by atoms with Gasteiger partial charge in [-0.3, -0.25) is 0 Å². The topological polar surface area (TPSA) is 46.0 Å². The molecular weight excluding hydrogens is 303 g/mol. The van der Waals surface area contributed by atoms with Crippen LogP contribution in [0.25, 0.3) is 0 Å². The van der Waals surface area contributed by atoms with E-state index in [9.17, 15) is 9.50 Å². The van der Waals surface area contributed by atoms with Gasteiger partial charge in [0.25, 0.3) is 0 Å². The van der Waals surface area contributed by atoms with Crippen LogP contribution in [0.5, 0.6) is 0 Å². The van der Waals surface area contributed by atoms with E-state index in [2.05, 4.69) is 9.97 Å². The Morgan fingerprint density at radius 3 is 2.18 bits per heavy atom. The van der Waals surface area contributed by atoms with Crippen molar-refractivity contribution in [2.75, 3.05) is 0 Å². The van der Waals surface area contributed by atoms with E-state index < -0.39 is 11.4 Å². The molecule has 3 nitrogen and oxygen atoms in total. The van der Waals surface area contributed by atoms with Crippen LogP contribution in [0.3, 0.4) is 0 Å². The molecule has 3 rings (SSSR count). The molecule has 1 N–H and O–H groups in total. The maximum atomic E-state index is 14.3. The van der Waals surface area contributed by atoms with Gasteiger partial charge in [0.15, 0.2) is 0 Å². The average molecular weight is 315 g/mol. The molecule has 1 aromatic heterocycles. The summed E-state index contributed by atoms with van der Waals surface area (Å²) in [7, 11) is 0. The molecule has 0 radical (unpaired) electrons. The molecule has 0 aliphatic carbocycles. The van der Waals surface area contributed by atoms with Crippen LogP contribution >= 0.6 is 11.6 Å². The van der Waals surface area contributed by atoms with Crippen molar-refractivity contribution in [2.45, 2.75) is 5.60 Å². The number of nitrogens with zero attached hydrogens (tertiary/aromatic N) is 2. The molecule has 1 unspecified atom stereocenters. The molecule has 0 spiro atoms. The quantitative estimate of drug-likeness (QED) is 0.804. The van der Waals surface area contributed by atoms with E-state index >= 15 is 0 Å². The molecule has 22 heavy (non-hydrogen) atoms. The van der Waals surface area contributed by atoms with E-state index in [1.54, 1.807) is 36.4 Å². The molecule has 2 aromatic carbocycles. The van der Waals surface area contributed by atoms with Gasteiger partial charge in [-0.1, -0.05) is 41.9 Å². The summed E-state index contributed by atoms with van der Waals surface area (Å²) in [5.74, 6) is -0.510. The van der Waals surface area contributed by atoms with Crippen molar-refractivity contribution in [2.24, 2.45) is 0 Å². The second-order valence-corrected chi connectivity index (χ2v) is 5.26. The largest absolute Gasteiger partial charge is 0.376 e. The van der Waals surface area contributed by atoms with Crippen LogP contribution in [0, 0.1) is 5.82 Å². The third-order valence-electron chi connectivity index (χ3n) is 3.50. The monoisotopic (exact) mass is 314 g/mol. The normalized spacial score (nSPS) is 13.6. The van der Waals surface area contributed by atoms with Crippen molar-refractivity contribution in [3.8, 4) is 0 Å². The Labute approximate surface area is 132 Å². The Hall–Kier alpha value is -2.30. The predicted molar refractivity (Wildman–Crippen MR) is 82.0 cm³/mol. The summed E-state index contributed by atoms with van der Waals surface area (Å²) in [5, 5.41) is 11.9. The minimum Gasteiger partial charge on any atom is -0.376 e. The zero-order valence-electron chi connectivity index (χ0n) is 11.4. The molecule has 0 aliphatic rings. The Morgan fingerprint density at radius 1 is 0.909 bits per heavy atom. The number of aromatic nitrogens is 2. The Balaban J connectivity index is 2.27. The fourth-order valence-electron chi connectivity index (χ4n) is 2.41. The molecule has 0 saturated heterocycles. The van der Waals surface area contributed by atoms with Crippen LogP contribution in [-0.2, 0) is 5.60 Å². The van der Waals surface area contributed by atoms with Crippen molar-refractivity contribution >= 4 is 11.6 Å². The highest BCUT2D eigenvalue weighted by atomic mass is 35.5. The Kier molecular flexibility index (Phi) is 3.88. The molecule has 0 amide bonds. The zero-order chi connectivity index (χ0) is 15.6. The molecule has 3 aromatic rings. The zero-order valence-corrected chi connectivity index (χ0v) is 12.2. The Morgan fingerprint density at radius 2 is 1.55 bits per heavy atom. The van der Waals surface area contributed by atoms with E-state index in [1.807, 2.05) is 0 Å². The second-order valence-electron chi connectivity index (χ2n) is 4.82. The van der Waals surface area contributed by atoms with E-state index in [0.717, 1.165) is 0 Å². The summed E-state index contributed by atoms with van der Waals surface area (Å²) in [4.78, 5) is 7.86. The summed E-state index contributed by atoms with van der Waals surface area (Å²) < 4.78 is 14.3. The van der Waals surface area contributed by atoms with Crippen molar-refractivity contribution in [3.05, 3.63) is 94.8 Å². The molecule has 0 saturated carbocycles. The lowest BCUT2D eigenvalue weighted by molar-refractivity contribution is 0.120. The van der Waals surface area contributed by atoms with Crippen LogP contribution in [0.2, 0.25) is 5.02 Å². The summed E-state index contributed by atoms with van der Waals surface area (Å²) in [6.45, 7) is 0. The van der Waals surface area contributed by atoms with Gasteiger partial charge in [-0.25, -0.2) is 14.4 Å². The summed E-state index contributed by atoms with van der Waals surface area (Å²) in [6.07, 6.45) is 4.29. The van der Waals surface area contributed by atoms with Gasteiger partial charge in [0.05, 0.1) is 0 Å². The molecule has 0 aliphatic heterocycles. The van der Waals surface area contributed by atoms with Gasteiger partial charge in [-0.05, 0) is 23.8 Å². The molecule has 1 atom stereocenters. The minimum absolute atomic E-state index is 0.132. The first-order valence-electron chi connectivity index (χ1n) is 6.61. The first-order valence-corrected chi connectivity index (χ1v) is 6.99. The van der Waals surface area contributed by atoms with Gasteiger partial charge in [0, 0.05) is 28.5 Å². The summed E-state index contributed by atoms with van der Waals surface area (Å²) in [5.41, 5.74) is -0.705. The van der Waals surface area contributed by atoms with E-state index in [4.69, 9.17) is 11.6 Å². The highest BCUT2D eigenvalue weighted by Crippen LogP contribution is 2.37. The van der Waals surface area contributed by atoms with Crippen molar-refractivity contribution in [3.63, 3.8) is 0 Å². The minimum atomic E-state index is -1.70. The number of benzene rings is 2. The SMILES string of the molecule is OC(c1ccc(Cl)cc1)(c1cncnc1)c1ccccc1F. The number of halogens is 2. The van der Waals surface area contributed by atoms with Crippen LogP contribution in [-0.4, -0.2) is 15.1 Å². The summed E-state index contributed by atoms with van der Waals surface area (Å²) in [6, 6.07) is 12.7. The third-order valence-corrected chi connectivity index (χ3v) is 3.76. The lowest BCUT2D eigenvalue weighted by atomic mass is 9.81. The maximum absolute atomic E-state index is 14.3. The second kappa shape index (κ2) is 5.83. The summed E-state index contributed by atoms with van der Waals surface area (Å²) >= 11 is 5.90. The van der Waals surface area contributed by atoms with E-state index in [-0.39, 0.29) is 5.56 Å². The van der Waals surface area contributed by atoms with Gasteiger partial charge in [-0.15, -0.1) is 0 Å². The molecular formula is C17H12ClFN2O. The fraction of sp³-hybridized carbons (Fsp3) is 0.0588. The Bertz CT molecular complexity index is 780. The van der Waals surface area contributed by atoms with Crippen molar-refractivity contribution in [1.82, 2.24) is 9.97 Å². The molecule has 0 bridgehead atoms. The molecule has 0 fully saturated rings. The van der Waals surface area contributed by atoms with Gasteiger partial charge >= 0.3 is 0 Å². The number of rotatable bonds is 3. The predicted octanol–water partition coefficient (Wildman–Crippen LogP) is 3.55. The number of aliphatic hydroxyl groups is 1.